The predicted octanol–water partition coefficient (Wildman–Crippen LogP) is 1.50. The highest BCUT2D eigenvalue weighted by Gasteiger charge is 2.19. The molecule has 1 aromatic heterocycles. The van der Waals surface area contributed by atoms with E-state index in [1.54, 1.807) is 7.11 Å². The Kier molecular flexibility index (Phi) is 5.51. The highest BCUT2D eigenvalue weighted by Crippen LogP contribution is 2.23. The molecule has 0 fully saturated rings. The molecule has 0 saturated carbocycles. The molecule has 128 valence electrons. The Bertz CT molecular complexity index is 709. The van der Waals surface area contributed by atoms with E-state index in [9.17, 15) is 9.59 Å². The van der Waals surface area contributed by atoms with Crippen LogP contribution in [-0.2, 0) is 11.3 Å². The number of carbonyl (C=O) groups is 2. The lowest BCUT2D eigenvalue weighted by Gasteiger charge is -2.23. The number of amides is 1. The van der Waals surface area contributed by atoms with E-state index in [0.717, 1.165) is 11.3 Å². The van der Waals surface area contributed by atoms with Crippen LogP contribution in [0.3, 0.4) is 0 Å². The molecule has 0 bridgehead atoms. The van der Waals surface area contributed by atoms with E-state index in [2.05, 4.69) is 15.6 Å². The molecule has 8 heteroatoms. The number of carbonyl (C=O) groups excluding carboxylic acids is 1. The van der Waals surface area contributed by atoms with Gasteiger partial charge in [-0.3, -0.25) is 4.79 Å². The molecule has 1 aromatic carbocycles. The van der Waals surface area contributed by atoms with E-state index in [1.165, 1.54) is 10.9 Å². The van der Waals surface area contributed by atoms with Crippen molar-refractivity contribution in [2.24, 2.45) is 5.92 Å². The second-order valence-electron chi connectivity index (χ2n) is 5.67. The van der Waals surface area contributed by atoms with Crippen molar-refractivity contribution >= 4 is 11.9 Å². The molecular formula is C16H20N4O4. The minimum atomic E-state index is -1.18. The van der Waals surface area contributed by atoms with Gasteiger partial charge in [0.2, 0.25) is 5.91 Å². The number of ether oxygens (including phenoxy) is 1. The van der Waals surface area contributed by atoms with E-state index in [-0.39, 0.29) is 30.1 Å². The van der Waals surface area contributed by atoms with Gasteiger partial charge in [0.25, 0.3) is 0 Å². The first-order valence-corrected chi connectivity index (χ1v) is 7.47. The Morgan fingerprint density at radius 3 is 2.46 bits per heavy atom. The average Bonchev–Trinajstić information content (AvgIpc) is 3.01. The number of benzene rings is 1. The fourth-order valence-corrected chi connectivity index (χ4v) is 2.29. The van der Waals surface area contributed by atoms with Crippen molar-refractivity contribution in [2.45, 2.75) is 26.4 Å². The fraction of sp³-hybridized carbons (Fsp3) is 0.375. The molecule has 0 spiro atoms. The Balaban J connectivity index is 2.05. The topological polar surface area (TPSA) is 106 Å². The van der Waals surface area contributed by atoms with Gasteiger partial charge in [-0.15, -0.1) is 5.10 Å². The molecule has 1 heterocycles. The number of carboxylic acid groups (broad SMARTS) is 1. The van der Waals surface area contributed by atoms with Crippen molar-refractivity contribution in [2.75, 3.05) is 7.11 Å². The number of rotatable bonds is 7. The van der Waals surface area contributed by atoms with Crippen LogP contribution in [0.4, 0.5) is 0 Å². The summed E-state index contributed by atoms with van der Waals surface area (Å²) in [7, 11) is 1.60. The van der Waals surface area contributed by atoms with Gasteiger partial charge in [-0.2, -0.15) is 0 Å². The first-order valence-electron chi connectivity index (χ1n) is 7.47. The zero-order chi connectivity index (χ0) is 17.7. The summed E-state index contributed by atoms with van der Waals surface area (Å²) in [4.78, 5) is 23.0. The smallest absolute Gasteiger partial charge is 0.358 e. The molecule has 0 aliphatic carbocycles. The van der Waals surface area contributed by atoms with Crippen LogP contribution in [0.25, 0.3) is 0 Å². The summed E-state index contributed by atoms with van der Waals surface area (Å²) in [6.45, 7) is 3.92. The van der Waals surface area contributed by atoms with E-state index in [4.69, 9.17) is 9.84 Å². The zero-order valence-corrected chi connectivity index (χ0v) is 13.8. The van der Waals surface area contributed by atoms with Crippen LogP contribution in [0.15, 0.2) is 30.5 Å². The minimum absolute atomic E-state index is 0.0976. The third-order valence-corrected chi connectivity index (χ3v) is 3.52. The Labute approximate surface area is 139 Å². The van der Waals surface area contributed by atoms with E-state index in [1.807, 2.05) is 38.1 Å². The van der Waals surface area contributed by atoms with Gasteiger partial charge >= 0.3 is 5.97 Å². The lowest BCUT2D eigenvalue weighted by atomic mass is 9.96. The van der Waals surface area contributed by atoms with Crippen molar-refractivity contribution in [3.8, 4) is 5.75 Å². The number of aromatic nitrogens is 3. The molecule has 1 unspecified atom stereocenters. The number of aromatic carboxylic acids is 1. The van der Waals surface area contributed by atoms with Crippen LogP contribution < -0.4 is 10.1 Å². The molecule has 1 atom stereocenters. The summed E-state index contributed by atoms with van der Waals surface area (Å²) in [5.74, 6) is -0.532. The SMILES string of the molecule is COc1ccc(C(NC(=O)Cn2cc(C(=O)O)nn2)C(C)C)cc1. The number of hydrogen-bond acceptors (Lipinski definition) is 5. The van der Waals surface area contributed by atoms with Gasteiger partial charge in [0, 0.05) is 0 Å². The number of methoxy groups -OCH3 is 1. The number of hydrogen-bond donors (Lipinski definition) is 2. The summed E-state index contributed by atoms with van der Waals surface area (Å²) in [5.41, 5.74) is 0.766. The van der Waals surface area contributed by atoms with E-state index in [0.29, 0.717) is 0 Å². The van der Waals surface area contributed by atoms with Gasteiger partial charge in [-0.05, 0) is 23.6 Å². The van der Waals surface area contributed by atoms with Crippen molar-refractivity contribution in [3.63, 3.8) is 0 Å². The second-order valence-corrected chi connectivity index (χ2v) is 5.67. The third kappa shape index (κ3) is 4.31. The number of nitrogens with zero attached hydrogens (tertiary/aromatic N) is 3. The quantitative estimate of drug-likeness (QED) is 0.796. The Hall–Kier alpha value is -2.90. The average molecular weight is 332 g/mol. The molecular weight excluding hydrogens is 312 g/mol. The minimum Gasteiger partial charge on any atom is -0.497 e. The first-order chi connectivity index (χ1) is 11.4. The van der Waals surface area contributed by atoms with Crippen LogP contribution in [0.1, 0.15) is 35.9 Å². The molecule has 0 radical (unpaired) electrons. The van der Waals surface area contributed by atoms with Crippen molar-refractivity contribution in [1.82, 2.24) is 20.3 Å². The monoisotopic (exact) mass is 332 g/mol. The molecule has 24 heavy (non-hydrogen) atoms. The number of nitrogens with one attached hydrogen (secondary N) is 1. The third-order valence-electron chi connectivity index (χ3n) is 3.52. The lowest BCUT2D eigenvalue weighted by Crippen LogP contribution is -2.34. The van der Waals surface area contributed by atoms with Crippen LogP contribution in [-0.4, -0.2) is 39.1 Å². The summed E-state index contributed by atoms with van der Waals surface area (Å²) < 4.78 is 6.34. The van der Waals surface area contributed by atoms with Gasteiger partial charge in [0.15, 0.2) is 5.69 Å². The van der Waals surface area contributed by atoms with E-state index >= 15 is 0 Å². The van der Waals surface area contributed by atoms with Crippen molar-refractivity contribution < 1.29 is 19.4 Å². The lowest BCUT2D eigenvalue weighted by molar-refractivity contribution is -0.123. The zero-order valence-electron chi connectivity index (χ0n) is 13.8. The van der Waals surface area contributed by atoms with E-state index < -0.39 is 5.97 Å². The van der Waals surface area contributed by atoms with Gasteiger partial charge in [-0.25, -0.2) is 9.48 Å². The predicted molar refractivity (Wildman–Crippen MR) is 85.7 cm³/mol. The summed E-state index contributed by atoms with van der Waals surface area (Å²) in [6, 6.07) is 7.32. The maximum absolute atomic E-state index is 12.2. The summed E-state index contributed by atoms with van der Waals surface area (Å²) in [5, 5.41) is 18.9. The molecule has 2 aromatic rings. The van der Waals surface area contributed by atoms with Crippen LogP contribution in [0.2, 0.25) is 0 Å². The number of carboxylic acids is 1. The first kappa shape index (κ1) is 17.5. The molecule has 2 N–H and O–H groups in total. The van der Waals surface area contributed by atoms with Crippen LogP contribution in [0, 0.1) is 5.92 Å². The fourth-order valence-electron chi connectivity index (χ4n) is 2.29. The largest absolute Gasteiger partial charge is 0.497 e. The van der Waals surface area contributed by atoms with Crippen LogP contribution in [0.5, 0.6) is 5.75 Å². The summed E-state index contributed by atoms with van der Waals surface area (Å²) in [6.07, 6.45) is 1.22. The van der Waals surface area contributed by atoms with Crippen molar-refractivity contribution in [1.29, 1.82) is 0 Å². The van der Waals surface area contributed by atoms with Crippen molar-refractivity contribution in [3.05, 3.63) is 41.7 Å². The highest BCUT2D eigenvalue weighted by atomic mass is 16.5. The molecule has 0 aliphatic rings. The van der Waals surface area contributed by atoms with Gasteiger partial charge in [0.05, 0.1) is 19.3 Å². The molecule has 2 rings (SSSR count). The van der Waals surface area contributed by atoms with Crippen LogP contribution >= 0.6 is 0 Å². The standard InChI is InChI=1S/C16H20N4O4/c1-10(2)15(11-4-6-12(24-3)7-5-11)17-14(21)9-20-8-13(16(22)23)18-19-20/h4-8,10,15H,9H2,1-3H3,(H,17,21)(H,22,23). The molecule has 1 amide bonds. The van der Waals surface area contributed by atoms with Gasteiger partial charge in [0.1, 0.15) is 12.3 Å². The normalized spacial score (nSPS) is 12.0. The maximum Gasteiger partial charge on any atom is 0.358 e. The molecule has 0 saturated heterocycles. The molecule has 8 nitrogen and oxygen atoms in total. The Morgan fingerprint density at radius 2 is 1.96 bits per heavy atom. The maximum atomic E-state index is 12.2. The Morgan fingerprint density at radius 1 is 1.29 bits per heavy atom. The summed E-state index contributed by atoms with van der Waals surface area (Å²) >= 11 is 0. The van der Waals surface area contributed by atoms with Gasteiger partial charge in [-0.1, -0.05) is 31.2 Å². The highest BCUT2D eigenvalue weighted by molar-refractivity contribution is 5.84. The molecule has 0 aliphatic heterocycles. The van der Waals surface area contributed by atoms with Gasteiger partial charge < -0.3 is 15.2 Å². The second kappa shape index (κ2) is 7.58.